The molecule has 0 radical (unpaired) electrons. The molecule has 45 heavy (non-hydrogen) atoms. The van der Waals surface area contributed by atoms with Gasteiger partial charge in [0.25, 0.3) is 5.91 Å². The highest BCUT2D eigenvalue weighted by Gasteiger charge is 2.33. The highest BCUT2D eigenvalue weighted by atomic mass is 32.2. The number of aliphatic carboxylic acids is 1. The van der Waals surface area contributed by atoms with Crippen LogP contribution in [0.5, 0.6) is 5.75 Å². The van der Waals surface area contributed by atoms with Gasteiger partial charge in [-0.2, -0.15) is 0 Å². The minimum absolute atomic E-state index is 0.0445. The molecule has 0 spiro atoms. The fourth-order valence-corrected chi connectivity index (χ4v) is 6.92. The van der Waals surface area contributed by atoms with Gasteiger partial charge in [-0.3, -0.25) is 24.2 Å². The third-order valence-corrected chi connectivity index (χ3v) is 9.56. The number of carboxylic acids is 1. The summed E-state index contributed by atoms with van der Waals surface area (Å²) >= 11 is 6.57. The zero-order valence-corrected chi connectivity index (χ0v) is 26.3. The topological polar surface area (TPSA) is 108 Å². The quantitative estimate of drug-likeness (QED) is 0.262. The average molecular weight is 660 g/mol. The van der Waals surface area contributed by atoms with E-state index in [1.807, 2.05) is 0 Å². The van der Waals surface area contributed by atoms with Gasteiger partial charge in [0, 0.05) is 49.8 Å². The number of carbonyl (C=O) groups excluding carboxylic acids is 2. The Hall–Kier alpha value is -3.39. The van der Waals surface area contributed by atoms with Gasteiger partial charge in [-0.1, -0.05) is 30.0 Å². The second-order valence-corrected chi connectivity index (χ2v) is 12.9. The van der Waals surface area contributed by atoms with Crippen molar-refractivity contribution in [2.24, 2.45) is 5.92 Å². The molecule has 3 fully saturated rings. The molecule has 1 aliphatic carbocycles. The lowest BCUT2D eigenvalue weighted by Crippen LogP contribution is -2.40. The van der Waals surface area contributed by atoms with Crippen molar-refractivity contribution in [3.05, 3.63) is 58.5 Å². The Balaban J connectivity index is 1.27. The first kappa shape index (κ1) is 33.0. The SMILES string of the molecule is O=C(CCN1C(=O)C(=Cc2cc(-c3cc(F)ccc3F)ccc2OCCN2CCOCC2)SC1=S)NC1CCC(C(=O)O)CC1. The predicted molar refractivity (Wildman–Crippen MR) is 171 cm³/mol. The van der Waals surface area contributed by atoms with E-state index in [0.29, 0.717) is 78.2 Å². The first-order chi connectivity index (χ1) is 21.7. The Labute approximate surface area is 269 Å². The van der Waals surface area contributed by atoms with Crippen molar-refractivity contribution >= 4 is 52.2 Å². The van der Waals surface area contributed by atoms with Crippen molar-refractivity contribution in [1.82, 2.24) is 15.1 Å². The van der Waals surface area contributed by atoms with E-state index in [2.05, 4.69) is 10.2 Å². The Morgan fingerprint density at radius 1 is 1.09 bits per heavy atom. The molecule has 0 bridgehead atoms. The number of halogens is 2. The highest BCUT2D eigenvalue weighted by Crippen LogP contribution is 2.36. The zero-order valence-electron chi connectivity index (χ0n) is 24.6. The van der Waals surface area contributed by atoms with Gasteiger partial charge in [0.05, 0.1) is 24.0 Å². The molecular weight excluding hydrogens is 624 g/mol. The van der Waals surface area contributed by atoms with Crippen molar-refractivity contribution in [3.8, 4) is 16.9 Å². The first-order valence-corrected chi connectivity index (χ1v) is 16.2. The van der Waals surface area contributed by atoms with Crippen molar-refractivity contribution < 1.29 is 37.7 Å². The Morgan fingerprint density at radius 2 is 1.84 bits per heavy atom. The van der Waals surface area contributed by atoms with Gasteiger partial charge in [0.1, 0.15) is 28.3 Å². The summed E-state index contributed by atoms with van der Waals surface area (Å²) in [7, 11) is 0. The van der Waals surface area contributed by atoms with Crippen LogP contribution in [0, 0.1) is 17.6 Å². The maximum atomic E-state index is 14.6. The number of benzene rings is 2. The smallest absolute Gasteiger partial charge is 0.306 e. The largest absolute Gasteiger partial charge is 0.492 e. The minimum atomic E-state index is -0.804. The molecular formula is C32H35F2N3O6S2. The fraction of sp³-hybridized carbons (Fsp3) is 0.438. The zero-order chi connectivity index (χ0) is 31.9. The Kier molecular flexibility index (Phi) is 11.2. The molecule has 0 unspecified atom stereocenters. The molecule has 0 atom stereocenters. The van der Waals surface area contributed by atoms with E-state index >= 15 is 0 Å². The van der Waals surface area contributed by atoms with E-state index in [-0.39, 0.29) is 42.3 Å². The number of hydrogen-bond acceptors (Lipinski definition) is 8. The van der Waals surface area contributed by atoms with Crippen LogP contribution in [0.25, 0.3) is 17.2 Å². The van der Waals surface area contributed by atoms with E-state index < -0.39 is 17.6 Å². The van der Waals surface area contributed by atoms with Crippen molar-refractivity contribution in [3.63, 3.8) is 0 Å². The van der Waals surface area contributed by atoms with Crippen LogP contribution in [0.2, 0.25) is 0 Å². The van der Waals surface area contributed by atoms with Gasteiger partial charge in [-0.25, -0.2) is 8.78 Å². The number of nitrogens with one attached hydrogen (secondary N) is 1. The molecule has 2 aliphatic heterocycles. The lowest BCUT2D eigenvalue weighted by atomic mass is 9.86. The average Bonchev–Trinajstić information content (AvgIpc) is 3.29. The first-order valence-electron chi connectivity index (χ1n) is 15.0. The minimum Gasteiger partial charge on any atom is -0.492 e. The number of carboxylic acid groups (broad SMARTS) is 1. The van der Waals surface area contributed by atoms with Crippen LogP contribution in [0.4, 0.5) is 8.78 Å². The molecule has 2 N–H and O–H groups in total. The third kappa shape index (κ3) is 8.66. The number of thioether (sulfide) groups is 1. The number of nitrogens with zero attached hydrogens (tertiary/aromatic N) is 2. The standard InChI is InChI=1S/C32H35F2N3O6S2/c33-23-4-7-26(34)25(19-23)21-3-8-27(43-16-13-36-11-14-42-15-12-36)22(17-21)18-28-30(39)37(32(44)45-28)10-9-29(38)35-24-5-1-20(2-6-24)31(40)41/h3-4,7-8,17-20,24H,1-2,5-6,9-16H2,(H,35,38)(H,40,41). The van der Waals surface area contributed by atoms with Crippen LogP contribution >= 0.6 is 24.0 Å². The van der Waals surface area contributed by atoms with E-state index in [0.717, 1.165) is 43.1 Å². The second-order valence-electron chi connectivity index (χ2n) is 11.2. The van der Waals surface area contributed by atoms with E-state index in [9.17, 15) is 28.3 Å². The summed E-state index contributed by atoms with van der Waals surface area (Å²) in [6.45, 7) is 4.08. The molecule has 2 saturated heterocycles. The summed E-state index contributed by atoms with van der Waals surface area (Å²) in [5.74, 6) is -2.44. The number of ether oxygens (including phenoxy) is 2. The number of hydrogen-bond donors (Lipinski definition) is 2. The summed E-state index contributed by atoms with van der Waals surface area (Å²) in [5.41, 5.74) is 1.01. The summed E-state index contributed by atoms with van der Waals surface area (Å²) in [6.07, 6.45) is 3.91. The van der Waals surface area contributed by atoms with E-state index in [1.54, 1.807) is 24.3 Å². The summed E-state index contributed by atoms with van der Waals surface area (Å²) < 4.78 is 40.5. The number of amides is 2. The van der Waals surface area contributed by atoms with E-state index in [4.69, 9.17) is 21.7 Å². The van der Waals surface area contributed by atoms with Gasteiger partial charge in [0.2, 0.25) is 5.91 Å². The normalized spacial score (nSPS) is 21.7. The van der Waals surface area contributed by atoms with Crippen LogP contribution in [-0.4, -0.2) is 89.1 Å². The molecule has 2 aromatic carbocycles. The number of thiocarbonyl (C=S) groups is 1. The van der Waals surface area contributed by atoms with Crippen LogP contribution in [0.1, 0.15) is 37.7 Å². The monoisotopic (exact) mass is 659 g/mol. The van der Waals surface area contributed by atoms with Crippen molar-refractivity contribution in [2.45, 2.75) is 38.1 Å². The maximum absolute atomic E-state index is 14.6. The van der Waals surface area contributed by atoms with Crippen LogP contribution in [0.3, 0.4) is 0 Å². The lowest BCUT2D eigenvalue weighted by molar-refractivity contribution is -0.142. The lowest BCUT2D eigenvalue weighted by Gasteiger charge is -2.27. The number of carbonyl (C=O) groups is 3. The molecule has 2 amide bonds. The molecule has 5 rings (SSSR count). The van der Waals surface area contributed by atoms with Crippen LogP contribution in [-0.2, 0) is 19.1 Å². The summed E-state index contributed by atoms with van der Waals surface area (Å²) in [4.78, 5) is 41.1. The number of rotatable bonds is 11. The Bertz CT molecular complexity index is 1470. The van der Waals surface area contributed by atoms with E-state index in [1.165, 1.54) is 4.90 Å². The van der Waals surface area contributed by atoms with Gasteiger partial charge in [-0.05, 0) is 67.7 Å². The van der Waals surface area contributed by atoms with Crippen molar-refractivity contribution in [2.75, 3.05) is 46.0 Å². The molecule has 3 aliphatic rings. The van der Waals surface area contributed by atoms with Gasteiger partial charge in [0.15, 0.2) is 0 Å². The Morgan fingerprint density at radius 3 is 2.58 bits per heavy atom. The molecule has 2 aromatic rings. The van der Waals surface area contributed by atoms with Gasteiger partial charge in [-0.15, -0.1) is 0 Å². The highest BCUT2D eigenvalue weighted by molar-refractivity contribution is 8.26. The maximum Gasteiger partial charge on any atom is 0.306 e. The van der Waals surface area contributed by atoms with Gasteiger partial charge >= 0.3 is 5.97 Å². The number of morpholine rings is 1. The predicted octanol–water partition coefficient (Wildman–Crippen LogP) is 4.69. The molecule has 13 heteroatoms. The molecule has 240 valence electrons. The van der Waals surface area contributed by atoms with Crippen molar-refractivity contribution in [1.29, 1.82) is 0 Å². The summed E-state index contributed by atoms with van der Waals surface area (Å²) in [6, 6.07) is 8.14. The fourth-order valence-electron chi connectivity index (χ4n) is 5.62. The molecule has 2 heterocycles. The third-order valence-electron chi connectivity index (χ3n) is 8.18. The second kappa shape index (κ2) is 15.3. The van der Waals surface area contributed by atoms with Crippen LogP contribution < -0.4 is 10.1 Å². The van der Waals surface area contributed by atoms with Crippen LogP contribution in [0.15, 0.2) is 41.3 Å². The molecule has 1 saturated carbocycles. The molecule has 9 nitrogen and oxygen atoms in total. The molecule has 0 aromatic heterocycles. The van der Waals surface area contributed by atoms with Gasteiger partial charge < -0.3 is 19.9 Å². The summed E-state index contributed by atoms with van der Waals surface area (Å²) in [5, 5.41) is 12.1.